The summed E-state index contributed by atoms with van der Waals surface area (Å²) in [6, 6.07) is 2.15. The Morgan fingerprint density at radius 3 is 2.71 bits per heavy atom. The first-order valence-electron chi connectivity index (χ1n) is 5.03. The molecule has 76 valence electrons. The second kappa shape index (κ2) is 4.37. The Labute approximate surface area is 83.5 Å². The van der Waals surface area contributed by atoms with Gasteiger partial charge in [0.25, 0.3) is 0 Å². The number of nitrogens with two attached hydrogens (primary N) is 1. The van der Waals surface area contributed by atoms with Gasteiger partial charge < -0.3 is 10.5 Å². The van der Waals surface area contributed by atoms with Crippen LogP contribution in [-0.2, 0) is 0 Å². The van der Waals surface area contributed by atoms with Crippen LogP contribution in [-0.4, -0.2) is 22.1 Å². The van der Waals surface area contributed by atoms with Gasteiger partial charge in [-0.3, -0.25) is 0 Å². The topological polar surface area (TPSA) is 61.0 Å². The Bertz CT molecular complexity index is 270. The third kappa shape index (κ3) is 2.42. The van der Waals surface area contributed by atoms with Crippen LogP contribution in [0.25, 0.3) is 0 Å². The molecule has 0 amide bonds. The summed E-state index contributed by atoms with van der Waals surface area (Å²) in [6.07, 6.45) is 7.65. The molecule has 4 heteroatoms. The van der Waals surface area contributed by atoms with Crippen LogP contribution in [0, 0.1) is 0 Å². The largest absolute Gasteiger partial charge is 0.474 e. The zero-order valence-electron chi connectivity index (χ0n) is 8.10. The molecule has 0 saturated heterocycles. The van der Waals surface area contributed by atoms with Gasteiger partial charge in [0, 0.05) is 18.3 Å². The summed E-state index contributed by atoms with van der Waals surface area (Å²) < 4.78 is 5.70. The summed E-state index contributed by atoms with van der Waals surface area (Å²) in [6.45, 7) is 0. The molecule has 1 aromatic heterocycles. The average molecular weight is 193 g/mol. The van der Waals surface area contributed by atoms with E-state index in [1.54, 1.807) is 12.3 Å². The minimum atomic E-state index is 0.282. The Hall–Kier alpha value is -1.16. The second-order valence-electron chi connectivity index (χ2n) is 3.70. The second-order valence-corrected chi connectivity index (χ2v) is 3.70. The predicted molar refractivity (Wildman–Crippen MR) is 52.9 cm³/mol. The lowest BCUT2D eigenvalue weighted by molar-refractivity contribution is 0.141. The van der Waals surface area contributed by atoms with Gasteiger partial charge in [-0.05, 0) is 25.7 Å². The summed E-state index contributed by atoms with van der Waals surface area (Å²) in [7, 11) is 0. The molecule has 0 aromatic carbocycles. The molecular weight excluding hydrogens is 178 g/mol. The molecule has 1 fully saturated rings. The van der Waals surface area contributed by atoms with Crippen molar-refractivity contribution in [2.75, 3.05) is 0 Å². The van der Waals surface area contributed by atoms with Gasteiger partial charge in [-0.2, -0.15) is 0 Å². The van der Waals surface area contributed by atoms with Crippen molar-refractivity contribution in [2.45, 2.75) is 37.8 Å². The first-order chi connectivity index (χ1) is 6.84. The van der Waals surface area contributed by atoms with Gasteiger partial charge in [0.05, 0.1) is 0 Å². The van der Waals surface area contributed by atoms with E-state index in [4.69, 9.17) is 10.5 Å². The van der Waals surface area contributed by atoms with Crippen LogP contribution < -0.4 is 10.5 Å². The maximum absolute atomic E-state index is 5.81. The highest BCUT2D eigenvalue weighted by Crippen LogP contribution is 2.21. The lowest BCUT2D eigenvalue weighted by Gasteiger charge is -2.26. The molecule has 1 saturated carbocycles. The van der Waals surface area contributed by atoms with Crippen LogP contribution in [0.4, 0.5) is 0 Å². The molecule has 0 radical (unpaired) electrons. The van der Waals surface area contributed by atoms with Crippen molar-refractivity contribution in [3.8, 4) is 5.88 Å². The van der Waals surface area contributed by atoms with Crippen LogP contribution in [0.3, 0.4) is 0 Å². The highest BCUT2D eigenvalue weighted by molar-refractivity contribution is 5.05. The van der Waals surface area contributed by atoms with E-state index < -0.39 is 0 Å². The maximum atomic E-state index is 5.81. The number of aromatic nitrogens is 2. The normalized spacial score (nSPS) is 27.2. The fourth-order valence-corrected chi connectivity index (χ4v) is 1.73. The van der Waals surface area contributed by atoms with Gasteiger partial charge >= 0.3 is 0 Å². The van der Waals surface area contributed by atoms with E-state index in [1.807, 2.05) is 0 Å². The van der Waals surface area contributed by atoms with Crippen molar-refractivity contribution < 1.29 is 4.74 Å². The Morgan fingerprint density at radius 1 is 1.29 bits per heavy atom. The molecule has 14 heavy (non-hydrogen) atoms. The van der Waals surface area contributed by atoms with Crippen LogP contribution in [0.5, 0.6) is 5.88 Å². The zero-order valence-corrected chi connectivity index (χ0v) is 8.10. The molecule has 1 heterocycles. The highest BCUT2D eigenvalue weighted by Gasteiger charge is 2.19. The first-order valence-corrected chi connectivity index (χ1v) is 5.03. The number of ether oxygens (including phenoxy) is 1. The smallest absolute Gasteiger partial charge is 0.216 e. The molecule has 0 atom stereocenters. The standard InChI is InChI=1S/C10H15N3O/c11-8-1-3-9(4-2-8)14-10-5-6-12-7-13-10/h5-9H,1-4,11H2. The quantitative estimate of drug-likeness (QED) is 0.764. The summed E-state index contributed by atoms with van der Waals surface area (Å²) in [5.41, 5.74) is 5.81. The van der Waals surface area contributed by atoms with E-state index >= 15 is 0 Å². The molecule has 2 rings (SSSR count). The zero-order chi connectivity index (χ0) is 9.80. The predicted octanol–water partition coefficient (Wildman–Crippen LogP) is 1.13. The van der Waals surface area contributed by atoms with Gasteiger partial charge in [0.1, 0.15) is 12.4 Å². The number of rotatable bonds is 2. The van der Waals surface area contributed by atoms with Gasteiger partial charge in [0.15, 0.2) is 0 Å². The van der Waals surface area contributed by atoms with E-state index in [9.17, 15) is 0 Å². The van der Waals surface area contributed by atoms with Crippen LogP contribution in [0.15, 0.2) is 18.6 Å². The summed E-state index contributed by atoms with van der Waals surface area (Å²) in [5, 5.41) is 0. The van der Waals surface area contributed by atoms with E-state index in [0.29, 0.717) is 11.9 Å². The third-order valence-electron chi connectivity index (χ3n) is 2.56. The van der Waals surface area contributed by atoms with Crippen molar-refractivity contribution in [1.82, 2.24) is 9.97 Å². The van der Waals surface area contributed by atoms with Gasteiger partial charge in [-0.15, -0.1) is 0 Å². The lowest BCUT2D eigenvalue weighted by atomic mass is 9.94. The monoisotopic (exact) mass is 193 g/mol. The molecule has 0 aliphatic heterocycles. The summed E-state index contributed by atoms with van der Waals surface area (Å²) in [5.74, 6) is 0.667. The van der Waals surface area contributed by atoms with Crippen molar-refractivity contribution in [3.05, 3.63) is 18.6 Å². The Balaban J connectivity index is 1.87. The van der Waals surface area contributed by atoms with E-state index in [0.717, 1.165) is 25.7 Å². The van der Waals surface area contributed by atoms with E-state index in [2.05, 4.69) is 9.97 Å². The van der Waals surface area contributed by atoms with Crippen molar-refractivity contribution in [3.63, 3.8) is 0 Å². The van der Waals surface area contributed by atoms with Gasteiger partial charge in [-0.25, -0.2) is 9.97 Å². The van der Waals surface area contributed by atoms with E-state index in [1.165, 1.54) is 6.33 Å². The lowest BCUT2D eigenvalue weighted by Crippen LogP contribution is -2.31. The molecular formula is C10H15N3O. The van der Waals surface area contributed by atoms with Crippen LogP contribution in [0.2, 0.25) is 0 Å². The van der Waals surface area contributed by atoms with E-state index in [-0.39, 0.29) is 6.10 Å². The summed E-state index contributed by atoms with van der Waals surface area (Å²) >= 11 is 0. The molecule has 1 aliphatic rings. The fourth-order valence-electron chi connectivity index (χ4n) is 1.73. The van der Waals surface area contributed by atoms with Crippen molar-refractivity contribution in [2.24, 2.45) is 5.73 Å². The maximum Gasteiger partial charge on any atom is 0.216 e. The molecule has 1 aromatic rings. The first kappa shape index (κ1) is 9.40. The van der Waals surface area contributed by atoms with Crippen LogP contribution in [0.1, 0.15) is 25.7 Å². The molecule has 0 spiro atoms. The molecule has 1 aliphatic carbocycles. The molecule has 0 unspecified atom stereocenters. The highest BCUT2D eigenvalue weighted by atomic mass is 16.5. The van der Waals surface area contributed by atoms with Crippen molar-refractivity contribution >= 4 is 0 Å². The Morgan fingerprint density at radius 2 is 2.07 bits per heavy atom. The SMILES string of the molecule is NC1CCC(Oc2ccncn2)CC1. The molecule has 4 nitrogen and oxygen atoms in total. The third-order valence-corrected chi connectivity index (χ3v) is 2.56. The number of hydrogen-bond acceptors (Lipinski definition) is 4. The minimum absolute atomic E-state index is 0.282. The fraction of sp³-hybridized carbons (Fsp3) is 0.600. The Kier molecular flexibility index (Phi) is 2.93. The van der Waals surface area contributed by atoms with Gasteiger partial charge in [0.2, 0.25) is 5.88 Å². The number of nitrogens with zero attached hydrogens (tertiary/aromatic N) is 2. The van der Waals surface area contributed by atoms with Crippen LogP contribution >= 0.6 is 0 Å². The van der Waals surface area contributed by atoms with Crippen molar-refractivity contribution in [1.29, 1.82) is 0 Å². The number of hydrogen-bond donors (Lipinski definition) is 1. The molecule has 0 bridgehead atoms. The minimum Gasteiger partial charge on any atom is -0.474 e. The summed E-state index contributed by atoms with van der Waals surface area (Å²) in [4.78, 5) is 7.87. The average Bonchev–Trinajstić information content (AvgIpc) is 2.23. The van der Waals surface area contributed by atoms with Gasteiger partial charge in [-0.1, -0.05) is 0 Å². The molecule has 2 N–H and O–H groups in total.